The van der Waals surface area contributed by atoms with Gasteiger partial charge in [-0.15, -0.1) is 0 Å². The summed E-state index contributed by atoms with van der Waals surface area (Å²) in [6.07, 6.45) is 1.67. The summed E-state index contributed by atoms with van der Waals surface area (Å²) >= 11 is 0. The monoisotopic (exact) mass is 340 g/mol. The molecule has 1 aliphatic carbocycles. The lowest BCUT2D eigenvalue weighted by atomic mass is 9.75. The first-order chi connectivity index (χ1) is 11.4. The molecule has 3 nitrogen and oxygen atoms in total. The topological polar surface area (TPSA) is 32.3 Å². The Balaban J connectivity index is 1.58. The van der Waals surface area contributed by atoms with Crippen molar-refractivity contribution in [2.24, 2.45) is 11.8 Å². The molecule has 132 valence electrons. The third-order valence-electron chi connectivity index (χ3n) is 5.25. The molecule has 2 fully saturated rings. The van der Waals surface area contributed by atoms with Gasteiger partial charge in [0.2, 0.25) is 5.91 Å². The van der Waals surface area contributed by atoms with Gasteiger partial charge in [0.05, 0.1) is 17.8 Å². The van der Waals surface area contributed by atoms with Crippen LogP contribution in [0.5, 0.6) is 0 Å². The van der Waals surface area contributed by atoms with E-state index in [4.69, 9.17) is 0 Å². The Bertz CT molecular complexity index is 588. The number of nitrogens with one attached hydrogen (secondary N) is 1. The number of nitrogens with zero attached hydrogens (tertiary/aromatic N) is 1. The lowest BCUT2D eigenvalue weighted by molar-refractivity contribution is -0.137. The number of anilines is 1. The average molecular weight is 340 g/mol. The largest absolute Gasteiger partial charge is 0.418 e. The minimum atomic E-state index is -4.47. The van der Waals surface area contributed by atoms with Crippen LogP contribution in [0, 0.1) is 11.8 Å². The maximum atomic E-state index is 13.0. The summed E-state index contributed by atoms with van der Waals surface area (Å²) in [6.45, 7) is 1.91. The Hall–Kier alpha value is -1.56. The van der Waals surface area contributed by atoms with Crippen LogP contribution in [0.1, 0.15) is 37.7 Å². The predicted octanol–water partition coefficient (Wildman–Crippen LogP) is 4.16. The summed E-state index contributed by atoms with van der Waals surface area (Å²) < 4.78 is 38.9. The minimum Gasteiger partial charge on any atom is -0.324 e. The number of benzene rings is 1. The number of hydrogen-bond donors (Lipinski definition) is 1. The molecule has 1 amide bonds. The molecule has 0 bridgehead atoms. The van der Waals surface area contributed by atoms with Crippen molar-refractivity contribution in [2.75, 3.05) is 25.0 Å². The highest BCUT2D eigenvalue weighted by molar-refractivity contribution is 5.93. The van der Waals surface area contributed by atoms with Crippen molar-refractivity contribution in [3.63, 3.8) is 0 Å². The fraction of sp³-hybridized carbons (Fsp3) is 0.611. The molecule has 24 heavy (non-hydrogen) atoms. The van der Waals surface area contributed by atoms with Gasteiger partial charge in [-0.2, -0.15) is 13.2 Å². The maximum Gasteiger partial charge on any atom is 0.418 e. The quantitative estimate of drug-likeness (QED) is 0.896. The molecule has 0 spiro atoms. The number of rotatable bonds is 3. The number of fused-ring (bicyclic) bond motifs is 1. The summed E-state index contributed by atoms with van der Waals surface area (Å²) in [7, 11) is 0. The average Bonchev–Trinajstić information content (AvgIpc) is 2.54. The molecule has 1 N–H and O–H groups in total. The van der Waals surface area contributed by atoms with Gasteiger partial charge in [0.25, 0.3) is 0 Å². The van der Waals surface area contributed by atoms with Crippen molar-refractivity contribution in [2.45, 2.75) is 38.3 Å². The van der Waals surface area contributed by atoms with Gasteiger partial charge in [-0.25, -0.2) is 0 Å². The van der Waals surface area contributed by atoms with Gasteiger partial charge in [0, 0.05) is 6.54 Å². The number of para-hydroxylation sites is 1. The highest BCUT2D eigenvalue weighted by atomic mass is 19.4. The number of carbonyl (C=O) groups is 1. The predicted molar refractivity (Wildman–Crippen MR) is 86.6 cm³/mol. The zero-order chi connectivity index (χ0) is 17.2. The smallest absolute Gasteiger partial charge is 0.324 e. The van der Waals surface area contributed by atoms with Gasteiger partial charge in [-0.3, -0.25) is 9.69 Å². The second-order valence-corrected chi connectivity index (χ2v) is 6.92. The molecule has 1 aromatic carbocycles. The normalized spacial score (nSPS) is 25.1. The van der Waals surface area contributed by atoms with E-state index < -0.39 is 11.7 Å². The summed E-state index contributed by atoms with van der Waals surface area (Å²) in [6, 6.07) is 5.11. The van der Waals surface area contributed by atoms with Crippen molar-refractivity contribution < 1.29 is 18.0 Å². The van der Waals surface area contributed by atoms with Crippen LogP contribution in [0.15, 0.2) is 24.3 Å². The van der Waals surface area contributed by atoms with E-state index in [-0.39, 0.29) is 18.1 Å². The summed E-state index contributed by atoms with van der Waals surface area (Å²) in [5.41, 5.74) is -0.966. The number of alkyl halides is 3. The highest BCUT2D eigenvalue weighted by Gasteiger charge is 2.34. The van der Waals surface area contributed by atoms with E-state index in [9.17, 15) is 18.0 Å². The number of piperidine rings is 1. The van der Waals surface area contributed by atoms with Crippen molar-refractivity contribution in [3.05, 3.63) is 29.8 Å². The van der Waals surface area contributed by atoms with Gasteiger partial charge < -0.3 is 5.32 Å². The standard InChI is InChI=1S/C18H23F3N2O/c19-18(20,21)15-7-3-4-8-16(15)22-17(24)12-23-10-9-13-5-1-2-6-14(13)11-23/h3-4,7-8,13-14H,1-2,5-6,9-12H2,(H,22,24)/t13-,14-/m1/s1. The molecule has 1 saturated carbocycles. The molecule has 2 aliphatic rings. The number of hydrogen-bond acceptors (Lipinski definition) is 2. The summed E-state index contributed by atoms with van der Waals surface area (Å²) in [4.78, 5) is 14.3. The van der Waals surface area contributed by atoms with Gasteiger partial charge in [-0.05, 0) is 43.4 Å². The maximum absolute atomic E-state index is 13.0. The Morgan fingerprint density at radius 3 is 2.58 bits per heavy atom. The van der Waals surface area contributed by atoms with Crippen molar-refractivity contribution >= 4 is 11.6 Å². The fourth-order valence-corrected chi connectivity index (χ4v) is 4.05. The zero-order valence-corrected chi connectivity index (χ0v) is 13.6. The fourth-order valence-electron chi connectivity index (χ4n) is 4.05. The lowest BCUT2D eigenvalue weighted by Crippen LogP contribution is -2.44. The van der Waals surface area contributed by atoms with E-state index in [1.54, 1.807) is 0 Å². The van der Waals surface area contributed by atoms with E-state index in [2.05, 4.69) is 10.2 Å². The molecular formula is C18H23F3N2O. The van der Waals surface area contributed by atoms with Gasteiger partial charge in [-0.1, -0.05) is 31.4 Å². The van der Waals surface area contributed by atoms with Crippen molar-refractivity contribution in [1.82, 2.24) is 4.90 Å². The third-order valence-corrected chi connectivity index (χ3v) is 5.25. The Kier molecular flexibility index (Phi) is 5.13. The molecule has 0 unspecified atom stereocenters. The van der Waals surface area contributed by atoms with Crippen LogP contribution in [0.25, 0.3) is 0 Å². The minimum absolute atomic E-state index is 0.162. The summed E-state index contributed by atoms with van der Waals surface area (Å²) in [5, 5.41) is 2.44. The molecule has 2 atom stereocenters. The second-order valence-electron chi connectivity index (χ2n) is 6.92. The van der Waals surface area contributed by atoms with Gasteiger partial charge in [0.15, 0.2) is 0 Å². The molecule has 0 aromatic heterocycles. The Morgan fingerprint density at radius 1 is 1.12 bits per heavy atom. The molecule has 1 saturated heterocycles. The zero-order valence-electron chi connectivity index (χ0n) is 13.6. The van der Waals surface area contributed by atoms with E-state index in [1.165, 1.54) is 43.9 Å². The number of amides is 1. The van der Waals surface area contributed by atoms with Crippen LogP contribution in [-0.4, -0.2) is 30.4 Å². The van der Waals surface area contributed by atoms with E-state index in [0.717, 1.165) is 31.5 Å². The number of carbonyl (C=O) groups excluding carboxylic acids is 1. The molecule has 1 aromatic rings. The number of halogens is 3. The van der Waals surface area contributed by atoms with Crippen LogP contribution in [0.2, 0.25) is 0 Å². The van der Waals surface area contributed by atoms with E-state index in [0.29, 0.717) is 5.92 Å². The van der Waals surface area contributed by atoms with Gasteiger partial charge in [0.1, 0.15) is 0 Å². The van der Waals surface area contributed by atoms with Crippen LogP contribution in [0.4, 0.5) is 18.9 Å². The molecule has 0 radical (unpaired) electrons. The van der Waals surface area contributed by atoms with Crippen LogP contribution >= 0.6 is 0 Å². The first-order valence-corrected chi connectivity index (χ1v) is 8.62. The SMILES string of the molecule is O=C(CN1CC[C@H]2CCCC[C@@H]2C1)Nc1ccccc1C(F)(F)F. The molecular weight excluding hydrogens is 317 g/mol. The number of likely N-dealkylation sites (tertiary alicyclic amines) is 1. The van der Waals surface area contributed by atoms with Crippen LogP contribution in [0.3, 0.4) is 0 Å². The Morgan fingerprint density at radius 2 is 1.83 bits per heavy atom. The second kappa shape index (κ2) is 7.13. The van der Waals surface area contributed by atoms with Gasteiger partial charge >= 0.3 is 6.18 Å². The first kappa shape index (κ1) is 17.3. The molecule has 6 heteroatoms. The van der Waals surface area contributed by atoms with E-state index >= 15 is 0 Å². The third kappa shape index (κ3) is 4.09. The van der Waals surface area contributed by atoms with E-state index in [1.807, 2.05) is 0 Å². The summed E-state index contributed by atoms with van der Waals surface area (Å²) in [5.74, 6) is 1.03. The van der Waals surface area contributed by atoms with Crippen molar-refractivity contribution in [1.29, 1.82) is 0 Å². The molecule has 3 rings (SSSR count). The van der Waals surface area contributed by atoms with Crippen LogP contribution in [-0.2, 0) is 11.0 Å². The lowest BCUT2D eigenvalue weighted by Gasteiger charge is -2.41. The first-order valence-electron chi connectivity index (χ1n) is 8.62. The molecule has 1 aliphatic heterocycles. The van der Waals surface area contributed by atoms with Crippen LogP contribution < -0.4 is 5.32 Å². The molecule has 1 heterocycles. The Labute approximate surface area is 140 Å². The van der Waals surface area contributed by atoms with Crippen molar-refractivity contribution in [3.8, 4) is 0 Å². The highest BCUT2D eigenvalue weighted by Crippen LogP contribution is 2.36.